The summed E-state index contributed by atoms with van der Waals surface area (Å²) in [6, 6.07) is 26.2. The number of hydrogen-bond donors (Lipinski definition) is 1. The zero-order valence-corrected chi connectivity index (χ0v) is 21.5. The van der Waals surface area contributed by atoms with Crippen LogP contribution in [0.5, 0.6) is 11.5 Å². The first-order valence-electron chi connectivity index (χ1n) is 12.8. The number of carbonyl (C=O) groups excluding carboxylic acids is 2. The van der Waals surface area contributed by atoms with Crippen LogP contribution in [0.2, 0.25) is 0 Å². The van der Waals surface area contributed by atoms with Gasteiger partial charge in [0.2, 0.25) is 0 Å². The number of rotatable bonds is 9. The highest BCUT2D eigenvalue weighted by Gasteiger charge is 2.47. The Morgan fingerprint density at radius 3 is 2.23 bits per heavy atom. The van der Waals surface area contributed by atoms with Crippen LogP contribution in [0.1, 0.15) is 36.1 Å². The van der Waals surface area contributed by atoms with Crippen LogP contribution in [0, 0.1) is 0 Å². The van der Waals surface area contributed by atoms with E-state index in [4.69, 9.17) is 9.47 Å². The van der Waals surface area contributed by atoms with Crippen LogP contribution in [0.4, 0.5) is 5.69 Å². The fourth-order valence-corrected chi connectivity index (χ4v) is 4.48. The SMILES string of the molecule is CCCOc1ccc(/C(O)=C2/C(=O)C(=O)N(c3ccc(OCc4ccccc4)cc3)C2c2cccnc2)cc1. The Kier molecular flexibility index (Phi) is 7.68. The van der Waals surface area contributed by atoms with Crippen LogP contribution in [0.15, 0.2) is 109 Å². The average Bonchev–Trinajstić information content (AvgIpc) is 3.26. The van der Waals surface area contributed by atoms with Gasteiger partial charge in [-0.2, -0.15) is 0 Å². The Labute approximate surface area is 227 Å². The van der Waals surface area contributed by atoms with Gasteiger partial charge in [0.05, 0.1) is 18.2 Å². The topological polar surface area (TPSA) is 89.0 Å². The van der Waals surface area contributed by atoms with Crippen LogP contribution in [-0.2, 0) is 16.2 Å². The van der Waals surface area contributed by atoms with Crippen LogP contribution in [0.25, 0.3) is 5.76 Å². The summed E-state index contributed by atoms with van der Waals surface area (Å²) < 4.78 is 11.5. The first-order valence-corrected chi connectivity index (χ1v) is 12.8. The van der Waals surface area contributed by atoms with Gasteiger partial charge in [0.25, 0.3) is 11.7 Å². The maximum atomic E-state index is 13.4. The van der Waals surface area contributed by atoms with Crippen LogP contribution in [0.3, 0.4) is 0 Å². The van der Waals surface area contributed by atoms with E-state index < -0.39 is 17.7 Å². The fraction of sp³-hybridized carbons (Fsp3) is 0.156. The van der Waals surface area contributed by atoms with Crippen molar-refractivity contribution in [3.05, 3.63) is 126 Å². The van der Waals surface area contributed by atoms with Gasteiger partial charge in [-0.3, -0.25) is 19.5 Å². The molecular weight excluding hydrogens is 492 g/mol. The number of aliphatic hydroxyl groups excluding tert-OH is 1. The normalized spacial score (nSPS) is 16.3. The smallest absolute Gasteiger partial charge is 0.300 e. The van der Waals surface area contributed by atoms with Crippen molar-refractivity contribution in [1.82, 2.24) is 4.98 Å². The third-order valence-corrected chi connectivity index (χ3v) is 6.41. The molecule has 2 heterocycles. The third-order valence-electron chi connectivity index (χ3n) is 6.41. The van der Waals surface area contributed by atoms with E-state index in [0.29, 0.717) is 41.5 Å². The molecule has 1 atom stereocenters. The van der Waals surface area contributed by atoms with Gasteiger partial charge in [-0.25, -0.2) is 0 Å². The average molecular weight is 521 g/mol. The quantitative estimate of drug-likeness (QED) is 0.164. The molecule has 0 aliphatic carbocycles. The van der Waals surface area contributed by atoms with Crippen molar-refractivity contribution in [3.8, 4) is 11.5 Å². The summed E-state index contributed by atoms with van der Waals surface area (Å²) in [4.78, 5) is 32.3. The molecule has 196 valence electrons. The third kappa shape index (κ3) is 5.52. The van der Waals surface area contributed by atoms with Gasteiger partial charge in [-0.15, -0.1) is 0 Å². The number of anilines is 1. The fourth-order valence-electron chi connectivity index (χ4n) is 4.48. The molecule has 3 aromatic carbocycles. The van der Waals surface area contributed by atoms with Gasteiger partial charge < -0.3 is 14.6 Å². The molecule has 7 heteroatoms. The second-order valence-corrected chi connectivity index (χ2v) is 9.10. The molecule has 1 aliphatic heterocycles. The van der Waals surface area contributed by atoms with Gasteiger partial charge in [-0.05, 0) is 72.1 Å². The van der Waals surface area contributed by atoms with Gasteiger partial charge in [0.1, 0.15) is 23.9 Å². The van der Waals surface area contributed by atoms with Gasteiger partial charge in [0, 0.05) is 23.6 Å². The van der Waals surface area contributed by atoms with E-state index in [9.17, 15) is 14.7 Å². The van der Waals surface area contributed by atoms with Gasteiger partial charge in [0.15, 0.2) is 0 Å². The number of nitrogens with zero attached hydrogens (tertiary/aromatic N) is 2. The standard InChI is InChI=1S/C32H28N2O5/c1-2-19-38-26-14-10-23(11-15-26)30(35)28-29(24-9-6-18-33-20-24)34(32(37)31(28)36)25-12-16-27(17-13-25)39-21-22-7-4-3-5-8-22/h3-18,20,29,35H,2,19,21H2,1H3/b30-28-. The number of aromatic nitrogens is 1. The molecule has 1 unspecified atom stereocenters. The maximum Gasteiger partial charge on any atom is 0.300 e. The Bertz CT molecular complexity index is 1470. The summed E-state index contributed by atoms with van der Waals surface area (Å²) in [6.07, 6.45) is 4.08. The lowest BCUT2D eigenvalue weighted by Crippen LogP contribution is -2.29. The van der Waals surface area contributed by atoms with E-state index in [-0.39, 0.29) is 11.3 Å². The number of ether oxygens (including phenoxy) is 2. The predicted octanol–water partition coefficient (Wildman–Crippen LogP) is 6.08. The Hall–Kier alpha value is -4.91. The second-order valence-electron chi connectivity index (χ2n) is 9.10. The highest BCUT2D eigenvalue weighted by molar-refractivity contribution is 6.51. The largest absolute Gasteiger partial charge is 0.507 e. The number of benzene rings is 3. The second kappa shape index (κ2) is 11.6. The minimum absolute atomic E-state index is 0.000342. The van der Waals surface area contributed by atoms with E-state index in [1.54, 1.807) is 73.1 Å². The minimum atomic E-state index is -0.856. The molecule has 0 saturated carbocycles. The number of ketones is 1. The van der Waals surface area contributed by atoms with Gasteiger partial charge in [-0.1, -0.05) is 43.3 Å². The summed E-state index contributed by atoms with van der Waals surface area (Å²) in [6.45, 7) is 3.00. The maximum absolute atomic E-state index is 13.4. The molecule has 1 saturated heterocycles. The van der Waals surface area contributed by atoms with E-state index in [1.807, 2.05) is 37.3 Å². The molecule has 1 aliphatic rings. The monoisotopic (exact) mass is 520 g/mol. The summed E-state index contributed by atoms with van der Waals surface area (Å²) in [5, 5.41) is 11.3. The van der Waals surface area contributed by atoms with Crippen LogP contribution >= 0.6 is 0 Å². The number of hydrogen-bond acceptors (Lipinski definition) is 6. The molecule has 1 amide bonds. The van der Waals surface area contributed by atoms with Crippen LogP contribution < -0.4 is 14.4 Å². The van der Waals surface area contributed by atoms with Crippen LogP contribution in [-0.4, -0.2) is 28.4 Å². The van der Waals surface area contributed by atoms with Crippen molar-refractivity contribution < 1.29 is 24.2 Å². The number of carbonyl (C=O) groups is 2. The lowest BCUT2D eigenvalue weighted by Gasteiger charge is -2.25. The van der Waals surface area contributed by atoms with Crippen molar-refractivity contribution in [2.45, 2.75) is 26.0 Å². The summed E-state index contributed by atoms with van der Waals surface area (Å²) in [5.41, 5.74) is 2.55. The highest BCUT2D eigenvalue weighted by atomic mass is 16.5. The molecule has 0 bridgehead atoms. The number of amides is 1. The molecule has 4 aromatic rings. The summed E-state index contributed by atoms with van der Waals surface area (Å²) in [5.74, 6) is -0.465. The predicted molar refractivity (Wildman–Crippen MR) is 148 cm³/mol. The van der Waals surface area contributed by atoms with Crippen molar-refractivity contribution >= 4 is 23.1 Å². The number of Topliss-reactive ketones (excluding diaryl/α,β-unsaturated/α-hetero) is 1. The molecule has 1 fully saturated rings. The first kappa shape index (κ1) is 25.7. The molecule has 39 heavy (non-hydrogen) atoms. The molecule has 1 N–H and O–H groups in total. The summed E-state index contributed by atoms with van der Waals surface area (Å²) >= 11 is 0. The van der Waals surface area contributed by atoms with E-state index >= 15 is 0 Å². The molecule has 0 radical (unpaired) electrons. The van der Waals surface area contributed by atoms with Crippen molar-refractivity contribution in [2.24, 2.45) is 0 Å². The molecule has 1 aromatic heterocycles. The summed E-state index contributed by atoms with van der Waals surface area (Å²) in [7, 11) is 0. The zero-order valence-electron chi connectivity index (χ0n) is 21.5. The van der Waals surface area contributed by atoms with Crippen molar-refractivity contribution in [2.75, 3.05) is 11.5 Å². The minimum Gasteiger partial charge on any atom is -0.507 e. The van der Waals surface area contributed by atoms with Crippen molar-refractivity contribution in [3.63, 3.8) is 0 Å². The lowest BCUT2D eigenvalue weighted by atomic mass is 9.96. The lowest BCUT2D eigenvalue weighted by molar-refractivity contribution is -0.132. The molecule has 5 rings (SSSR count). The van der Waals surface area contributed by atoms with E-state index in [0.717, 1.165) is 12.0 Å². The van der Waals surface area contributed by atoms with Crippen molar-refractivity contribution in [1.29, 1.82) is 0 Å². The number of pyridine rings is 1. The van der Waals surface area contributed by atoms with E-state index in [1.165, 1.54) is 4.90 Å². The van der Waals surface area contributed by atoms with E-state index in [2.05, 4.69) is 4.98 Å². The first-order chi connectivity index (χ1) is 19.1. The Morgan fingerprint density at radius 2 is 1.56 bits per heavy atom. The Morgan fingerprint density at radius 1 is 0.872 bits per heavy atom. The molecule has 7 nitrogen and oxygen atoms in total. The molecule has 0 spiro atoms. The molecular formula is C32H28N2O5. The number of aliphatic hydroxyl groups is 1. The Balaban J connectivity index is 1.48. The highest BCUT2D eigenvalue weighted by Crippen LogP contribution is 2.42. The van der Waals surface area contributed by atoms with Gasteiger partial charge >= 0.3 is 0 Å². The zero-order chi connectivity index (χ0) is 27.2.